The van der Waals surface area contributed by atoms with Crippen LogP contribution in [0.5, 0.6) is 0 Å². The summed E-state index contributed by atoms with van der Waals surface area (Å²) in [6.07, 6.45) is 0.542. The van der Waals surface area contributed by atoms with Gasteiger partial charge in [-0.15, -0.1) is 10.1 Å². The van der Waals surface area contributed by atoms with Gasteiger partial charge >= 0.3 is 11.9 Å². The van der Waals surface area contributed by atoms with Crippen LogP contribution in [0.25, 0.3) is 0 Å². The highest BCUT2D eigenvalue weighted by atomic mass is 17.0. The molecular formula is C22H45N3O7+2. The molecule has 0 aliphatic heterocycles. The lowest BCUT2D eigenvalue weighted by Crippen LogP contribution is -2.44. The van der Waals surface area contributed by atoms with Crippen molar-refractivity contribution in [1.29, 1.82) is 0 Å². The topological polar surface area (TPSA) is 105 Å². The highest BCUT2D eigenvalue weighted by Gasteiger charge is 2.32. The van der Waals surface area contributed by atoms with Gasteiger partial charge in [-0.05, 0) is 12.8 Å². The van der Waals surface area contributed by atoms with Crippen LogP contribution < -0.4 is 0 Å². The summed E-state index contributed by atoms with van der Waals surface area (Å²) >= 11 is 0. The Bertz CT molecular complexity index is 608. The summed E-state index contributed by atoms with van der Waals surface area (Å²) in [5.41, 5.74) is -0.492. The maximum absolute atomic E-state index is 12.4. The molecule has 0 amide bonds. The van der Waals surface area contributed by atoms with Crippen molar-refractivity contribution in [3.8, 4) is 0 Å². The second-order valence-corrected chi connectivity index (χ2v) is 10.9. The normalized spacial score (nSPS) is 14.4. The Morgan fingerprint density at radius 3 is 1.69 bits per heavy atom. The molecule has 0 aliphatic rings. The number of hydrogen-bond acceptors (Lipinski definition) is 7. The smallest absolute Gasteiger partial charge is 0.308 e. The number of rotatable bonds is 16. The molecule has 0 heterocycles. The molecule has 0 N–H and O–H groups in total. The minimum absolute atomic E-state index is 0.0795. The molecule has 0 fully saturated rings. The van der Waals surface area contributed by atoms with Gasteiger partial charge in [-0.1, -0.05) is 20.8 Å². The third-order valence-electron chi connectivity index (χ3n) is 5.33. The molecule has 0 aliphatic carbocycles. The molecule has 0 radical (unpaired) electrons. The molecule has 0 rings (SSSR count). The lowest BCUT2D eigenvalue weighted by molar-refractivity contribution is -0.885. The minimum Gasteiger partial charge on any atom is -0.465 e. The predicted octanol–water partition coefficient (Wildman–Crippen LogP) is 2.28. The highest BCUT2D eigenvalue weighted by Crippen LogP contribution is 2.28. The van der Waals surface area contributed by atoms with Crippen LogP contribution in [0.4, 0.5) is 0 Å². The monoisotopic (exact) mass is 463 g/mol. The Morgan fingerprint density at radius 1 is 0.875 bits per heavy atom. The number of esters is 2. The minimum atomic E-state index is -0.893. The van der Waals surface area contributed by atoms with Crippen LogP contribution in [0.3, 0.4) is 0 Å². The fourth-order valence-corrected chi connectivity index (χ4v) is 3.62. The van der Waals surface area contributed by atoms with Crippen LogP contribution in [0.2, 0.25) is 0 Å². The lowest BCUT2D eigenvalue weighted by Gasteiger charge is -2.31. The Kier molecular flexibility index (Phi) is 12.1. The molecule has 0 saturated carbocycles. The van der Waals surface area contributed by atoms with Crippen molar-refractivity contribution < 1.29 is 38.0 Å². The van der Waals surface area contributed by atoms with Crippen molar-refractivity contribution in [3.05, 3.63) is 10.1 Å². The third kappa shape index (κ3) is 14.2. The van der Waals surface area contributed by atoms with Crippen LogP contribution >= 0.6 is 0 Å². The van der Waals surface area contributed by atoms with Gasteiger partial charge in [0, 0.05) is 11.3 Å². The standard InChI is InChI=1S/C22H45N3O7/c1-10-22(11-2,16-30-20(26)12-18(3)14-24(4,5)6)17-31-21(27)13-19(32-23(28)29)15-25(7,8)9/h18-19H,10-17H2,1-9H3/q+2. The predicted molar refractivity (Wildman–Crippen MR) is 121 cm³/mol. The summed E-state index contributed by atoms with van der Waals surface area (Å²) in [6.45, 7) is 7.33. The van der Waals surface area contributed by atoms with Gasteiger partial charge in [0.15, 0.2) is 6.10 Å². The molecule has 0 aromatic rings. The van der Waals surface area contributed by atoms with Gasteiger partial charge in [0.1, 0.15) is 19.8 Å². The average Bonchev–Trinajstić information content (AvgIpc) is 2.58. The Balaban J connectivity index is 4.83. The fourth-order valence-electron chi connectivity index (χ4n) is 3.62. The number of ether oxygens (including phenoxy) is 2. The van der Waals surface area contributed by atoms with E-state index >= 15 is 0 Å². The van der Waals surface area contributed by atoms with E-state index in [9.17, 15) is 19.7 Å². The first kappa shape index (κ1) is 30.1. The Labute approximate surface area is 193 Å². The molecule has 32 heavy (non-hydrogen) atoms. The zero-order valence-corrected chi connectivity index (χ0v) is 21.5. The van der Waals surface area contributed by atoms with Gasteiger partial charge in [0.2, 0.25) is 0 Å². The molecule has 0 aromatic heterocycles. The van der Waals surface area contributed by atoms with E-state index in [1.165, 1.54) is 0 Å². The average molecular weight is 464 g/mol. The number of nitrogens with zero attached hydrogens (tertiary/aromatic N) is 3. The molecule has 0 saturated heterocycles. The van der Waals surface area contributed by atoms with E-state index in [1.54, 1.807) is 0 Å². The zero-order valence-electron chi connectivity index (χ0n) is 21.5. The summed E-state index contributed by atoms with van der Waals surface area (Å²) in [5, 5.41) is 9.88. The molecule has 0 aromatic carbocycles. The van der Waals surface area contributed by atoms with E-state index in [0.717, 1.165) is 11.0 Å². The fraction of sp³-hybridized carbons (Fsp3) is 0.909. The van der Waals surface area contributed by atoms with E-state index in [0.29, 0.717) is 23.7 Å². The van der Waals surface area contributed by atoms with Gasteiger partial charge in [-0.3, -0.25) is 9.59 Å². The summed E-state index contributed by atoms with van der Waals surface area (Å²) in [6, 6.07) is 0. The van der Waals surface area contributed by atoms with Gasteiger partial charge in [0.05, 0.1) is 61.7 Å². The van der Waals surface area contributed by atoms with E-state index < -0.39 is 22.6 Å². The first-order valence-electron chi connectivity index (χ1n) is 11.2. The molecule has 2 unspecified atom stereocenters. The van der Waals surface area contributed by atoms with Crippen molar-refractivity contribution >= 4 is 11.9 Å². The summed E-state index contributed by atoms with van der Waals surface area (Å²) < 4.78 is 12.2. The zero-order chi connectivity index (χ0) is 25.2. The highest BCUT2D eigenvalue weighted by molar-refractivity contribution is 5.70. The van der Waals surface area contributed by atoms with Crippen molar-refractivity contribution in [2.24, 2.45) is 11.3 Å². The van der Waals surface area contributed by atoms with Crippen LogP contribution in [0.15, 0.2) is 0 Å². The van der Waals surface area contributed by atoms with Crippen LogP contribution in [-0.4, -0.2) is 101 Å². The quantitative estimate of drug-likeness (QED) is 0.150. The van der Waals surface area contributed by atoms with Gasteiger partial charge in [0.25, 0.3) is 5.09 Å². The maximum Gasteiger partial charge on any atom is 0.308 e. The van der Waals surface area contributed by atoms with Crippen LogP contribution in [0.1, 0.15) is 46.5 Å². The van der Waals surface area contributed by atoms with Gasteiger partial charge < -0.3 is 23.3 Å². The third-order valence-corrected chi connectivity index (χ3v) is 5.33. The summed E-state index contributed by atoms with van der Waals surface area (Å²) in [7, 11) is 11.8. The van der Waals surface area contributed by atoms with Crippen LogP contribution in [0, 0.1) is 21.4 Å². The maximum atomic E-state index is 12.4. The Morgan fingerprint density at radius 2 is 1.31 bits per heavy atom. The van der Waals surface area contributed by atoms with Crippen molar-refractivity contribution in [1.82, 2.24) is 0 Å². The number of quaternary nitrogens is 2. The second-order valence-electron chi connectivity index (χ2n) is 10.9. The van der Waals surface area contributed by atoms with Crippen molar-refractivity contribution in [3.63, 3.8) is 0 Å². The molecule has 10 heteroatoms. The molecule has 0 bridgehead atoms. The first-order chi connectivity index (χ1) is 14.5. The van der Waals surface area contributed by atoms with E-state index in [-0.39, 0.29) is 38.1 Å². The lowest BCUT2D eigenvalue weighted by atomic mass is 9.84. The van der Waals surface area contributed by atoms with E-state index in [2.05, 4.69) is 26.0 Å². The molecule has 10 nitrogen and oxygen atoms in total. The number of carbonyl (C=O) groups is 2. The molecule has 188 valence electrons. The molecular weight excluding hydrogens is 418 g/mol. The first-order valence-corrected chi connectivity index (χ1v) is 11.2. The van der Waals surface area contributed by atoms with Crippen molar-refractivity contribution in [2.75, 3.05) is 68.6 Å². The summed E-state index contributed by atoms with van der Waals surface area (Å²) in [5.74, 6) is -0.636. The number of hydrogen-bond donors (Lipinski definition) is 0. The van der Waals surface area contributed by atoms with E-state index in [4.69, 9.17) is 9.47 Å². The Hall–Kier alpha value is -1.94. The van der Waals surface area contributed by atoms with Crippen molar-refractivity contribution in [2.45, 2.75) is 52.6 Å². The second kappa shape index (κ2) is 12.9. The summed E-state index contributed by atoms with van der Waals surface area (Å²) in [4.78, 5) is 40.1. The number of carbonyl (C=O) groups excluding carboxylic acids is 2. The van der Waals surface area contributed by atoms with Gasteiger partial charge in [-0.25, -0.2) is 0 Å². The van der Waals surface area contributed by atoms with Gasteiger partial charge in [-0.2, -0.15) is 0 Å². The molecule has 2 atom stereocenters. The van der Waals surface area contributed by atoms with Crippen LogP contribution in [-0.2, 0) is 23.9 Å². The van der Waals surface area contributed by atoms with E-state index in [1.807, 2.05) is 41.9 Å². The largest absolute Gasteiger partial charge is 0.465 e. The SMILES string of the molecule is CCC(CC)(COC(=O)CC(C)C[N+](C)(C)C)COC(=O)CC(C[N+](C)(C)C)O[N+](=O)[O-]. The molecule has 0 spiro atoms. The number of likely N-dealkylation sites (N-methyl/N-ethyl adjacent to an activating group) is 1.